The highest BCUT2D eigenvalue weighted by atomic mass is 16.3. The Kier molecular flexibility index (Phi) is 4.70. The minimum atomic E-state index is -0.680. The van der Waals surface area contributed by atoms with Crippen molar-refractivity contribution in [2.24, 2.45) is 17.4 Å². The molecule has 16 heavy (non-hydrogen) atoms. The van der Waals surface area contributed by atoms with Crippen molar-refractivity contribution in [1.82, 2.24) is 5.32 Å². The standard InChI is InChI=1S/C11H23N3O2/c1-8-3-2-4-11(5-8,7-15)14-6-9(12)10(13)16/h8-9,14-15H,2-7,12H2,1H3,(H2,13,16). The second-order valence-electron chi connectivity index (χ2n) is 5.03. The van der Waals surface area contributed by atoms with Crippen LogP contribution in [0.4, 0.5) is 0 Å². The third-order valence-electron chi connectivity index (χ3n) is 3.46. The first kappa shape index (κ1) is 13.4. The molecule has 5 nitrogen and oxygen atoms in total. The number of carbonyl (C=O) groups excluding carboxylic acids is 1. The van der Waals surface area contributed by atoms with Crippen molar-refractivity contribution in [2.45, 2.75) is 44.2 Å². The Labute approximate surface area is 96.6 Å². The second kappa shape index (κ2) is 5.61. The molecule has 1 rings (SSSR count). The van der Waals surface area contributed by atoms with Gasteiger partial charge in [-0.3, -0.25) is 4.79 Å². The van der Waals surface area contributed by atoms with Crippen molar-refractivity contribution < 1.29 is 9.90 Å². The van der Waals surface area contributed by atoms with Crippen LogP contribution in [0.1, 0.15) is 32.6 Å². The molecule has 0 heterocycles. The summed E-state index contributed by atoms with van der Waals surface area (Å²) >= 11 is 0. The Morgan fingerprint density at radius 1 is 1.69 bits per heavy atom. The molecular weight excluding hydrogens is 206 g/mol. The van der Waals surface area contributed by atoms with Crippen LogP contribution in [0.2, 0.25) is 0 Å². The summed E-state index contributed by atoms with van der Waals surface area (Å²) < 4.78 is 0. The normalized spacial score (nSPS) is 32.3. The first-order valence-corrected chi connectivity index (χ1v) is 5.90. The minimum absolute atomic E-state index is 0.0861. The van der Waals surface area contributed by atoms with Gasteiger partial charge in [0.15, 0.2) is 0 Å². The van der Waals surface area contributed by atoms with Crippen LogP contribution in [0.25, 0.3) is 0 Å². The Morgan fingerprint density at radius 3 is 2.88 bits per heavy atom. The van der Waals surface area contributed by atoms with E-state index < -0.39 is 11.9 Å². The van der Waals surface area contributed by atoms with Crippen LogP contribution >= 0.6 is 0 Å². The van der Waals surface area contributed by atoms with Crippen molar-refractivity contribution in [1.29, 1.82) is 0 Å². The number of rotatable bonds is 5. The van der Waals surface area contributed by atoms with Crippen molar-refractivity contribution in [2.75, 3.05) is 13.2 Å². The van der Waals surface area contributed by atoms with Gasteiger partial charge >= 0.3 is 0 Å². The summed E-state index contributed by atoms with van der Waals surface area (Å²) in [6.07, 6.45) is 4.15. The molecule has 1 saturated carbocycles. The number of carbonyl (C=O) groups is 1. The molecule has 0 aliphatic heterocycles. The molecule has 6 N–H and O–H groups in total. The molecule has 5 heteroatoms. The number of hydrogen-bond donors (Lipinski definition) is 4. The minimum Gasteiger partial charge on any atom is -0.394 e. The molecule has 0 saturated heterocycles. The van der Waals surface area contributed by atoms with Crippen LogP contribution in [-0.4, -0.2) is 35.7 Å². The third-order valence-corrected chi connectivity index (χ3v) is 3.46. The summed E-state index contributed by atoms with van der Waals surface area (Å²) in [6, 6.07) is -0.680. The lowest BCUT2D eigenvalue weighted by Crippen LogP contribution is -2.56. The van der Waals surface area contributed by atoms with Gasteiger partial charge < -0.3 is 21.9 Å². The van der Waals surface area contributed by atoms with E-state index in [2.05, 4.69) is 12.2 Å². The lowest BCUT2D eigenvalue weighted by molar-refractivity contribution is -0.119. The van der Waals surface area contributed by atoms with Gasteiger partial charge in [-0.1, -0.05) is 19.8 Å². The molecular formula is C11H23N3O2. The summed E-state index contributed by atoms with van der Waals surface area (Å²) in [4.78, 5) is 10.8. The maximum absolute atomic E-state index is 10.8. The van der Waals surface area contributed by atoms with Gasteiger partial charge in [0.1, 0.15) is 0 Å². The predicted octanol–water partition coefficient (Wildman–Crippen LogP) is -0.670. The smallest absolute Gasteiger partial charge is 0.235 e. The number of primary amides is 1. The monoisotopic (exact) mass is 229 g/mol. The van der Waals surface area contributed by atoms with Crippen LogP contribution in [-0.2, 0) is 4.79 Å². The maximum atomic E-state index is 10.8. The number of hydrogen-bond acceptors (Lipinski definition) is 4. The SMILES string of the molecule is CC1CCCC(CO)(NCC(N)C(N)=O)C1. The molecule has 0 aromatic heterocycles. The molecule has 1 aliphatic rings. The fraction of sp³-hybridized carbons (Fsp3) is 0.909. The van der Waals surface area contributed by atoms with E-state index in [1.54, 1.807) is 0 Å². The molecule has 0 aromatic rings. The van der Waals surface area contributed by atoms with E-state index in [9.17, 15) is 9.90 Å². The lowest BCUT2D eigenvalue weighted by atomic mass is 9.77. The summed E-state index contributed by atoms with van der Waals surface area (Å²) in [5.74, 6) is 0.0858. The van der Waals surface area contributed by atoms with E-state index in [1.165, 1.54) is 6.42 Å². The average molecular weight is 229 g/mol. The van der Waals surface area contributed by atoms with Crippen LogP contribution in [0.15, 0.2) is 0 Å². The molecule has 3 unspecified atom stereocenters. The molecule has 0 bridgehead atoms. The van der Waals surface area contributed by atoms with E-state index in [0.717, 1.165) is 19.3 Å². The van der Waals surface area contributed by atoms with Gasteiger partial charge in [-0.15, -0.1) is 0 Å². The average Bonchev–Trinajstić information content (AvgIpc) is 2.26. The van der Waals surface area contributed by atoms with Crippen LogP contribution in [0.3, 0.4) is 0 Å². The van der Waals surface area contributed by atoms with Gasteiger partial charge in [0.2, 0.25) is 5.91 Å². The Balaban J connectivity index is 2.49. The lowest BCUT2D eigenvalue weighted by Gasteiger charge is -2.40. The van der Waals surface area contributed by atoms with Crippen molar-refractivity contribution in [3.8, 4) is 0 Å². The zero-order valence-corrected chi connectivity index (χ0v) is 9.91. The van der Waals surface area contributed by atoms with Gasteiger partial charge in [-0.25, -0.2) is 0 Å². The van der Waals surface area contributed by atoms with E-state index >= 15 is 0 Å². The van der Waals surface area contributed by atoms with E-state index in [1.807, 2.05) is 0 Å². The summed E-state index contributed by atoms with van der Waals surface area (Å²) in [5, 5.41) is 12.7. The van der Waals surface area contributed by atoms with Crippen LogP contribution in [0, 0.1) is 5.92 Å². The fourth-order valence-electron chi connectivity index (χ4n) is 2.45. The van der Waals surface area contributed by atoms with Crippen LogP contribution < -0.4 is 16.8 Å². The molecule has 1 fully saturated rings. The Morgan fingerprint density at radius 2 is 2.38 bits per heavy atom. The largest absolute Gasteiger partial charge is 0.394 e. The first-order valence-electron chi connectivity index (χ1n) is 5.90. The topological polar surface area (TPSA) is 101 Å². The molecule has 94 valence electrons. The van der Waals surface area contributed by atoms with Crippen molar-refractivity contribution >= 4 is 5.91 Å². The Bertz CT molecular complexity index is 247. The summed E-state index contributed by atoms with van der Waals surface area (Å²) in [5.41, 5.74) is 10.4. The summed E-state index contributed by atoms with van der Waals surface area (Å²) in [7, 11) is 0. The molecule has 0 radical (unpaired) electrons. The van der Waals surface area contributed by atoms with Gasteiger partial charge in [0.25, 0.3) is 0 Å². The zero-order valence-electron chi connectivity index (χ0n) is 9.91. The zero-order chi connectivity index (χ0) is 12.2. The van der Waals surface area contributed by atoms with Crippen molar-refractivity contribution in [3.05, 3.63) is 0 Å². The number of nitrogens with one attached hydrogen (secondary N) is 1. The quantitative estimate of drug-likeness (QED) is 0.502. The van der Waals surface area contributed by atoms with Crippen molar-refractivity contribution in [3.63, 3.8) is 0 Å². The number of aliphatic hydroxyl groups excluding tert-OH is 1. The first-order chi connectivity index (χ1) is 7.49. The van der Waals surface area contributed by atoms with Gasteiger partial charge in [0, 0.05) is 12.1 Å². The van der Waals surface area contributed by atoms with Gasteiger partial charge in [-0.05, 0) is 18.8 Å². The van der Waals surface area contributed by atoms with E-state index in [4.69, 9.17) is 11.5 Å². The fourth-order valence-corrected chi connectivity index (χ4v) is 2.45. The molecule has 1 aliphatic carbocycles. The molecule has 1 amide bonds. The van der Waals surface area contributed by atoms with E-state index in [0.29, 0.717) is 12.5 Å². The van der Waals surface area contributed by atoms with Crippen LogP contribution in [0.5, 0.6) is 0 Å². The van der Waals surface area contributed by atoms with Gasteiger partial charge in [0.05, 0.1) is 12.6 Å². The van der Waals surface area contributed by atoms with E-state index in [-0.39, 0.29) is 12.1 Å². The molecule has 3 atom stereocenters. The summed E-state index contributed by atoms with van der Waals surface area (Å²) in [6.45, 7) is 2.60. The number of amides is 1. The third kappa shape index (κ3) is 3.43. The highest BCUT2D eigenvalue weighted by Gasteiger charge is 2.34. The second-order valence-corrected chi connectivity index (χ2v) is 5.03. The highest BCUT2D eigenvalue weighted by molar-refractivity contribution is 5.79. The van der Waals surface area contributed by atoms with Gasteiger partial charge in [-0.2, -0.15) is 0 Å². The number of aliphatic hydroxyl groups is 1. The Hall–Kier alpha value is -0.650. The molecule has 0 spiro atoms. The number of nitrogens with two attached hydrogens (primary N) is 2. The maximum Gasteiger partial charge on any atom is 0.235 e. The molecule has 0 aromatic carbocycles. The predicted molar refractivity (Wildman–Crippen MR) is 62.6 cm³/mol. The highest BCUT2D eigenvalue weighted by Crippen LogP contribution is 2.31.